The van der Waals surface area contributed by atoms with E-state index in [1.165, 1.54) is 19.3 Å². The van der Waals surface area contributed by atoms with Gasteiger partial charge in [-0.15, -0.1) is 0 Å². The Morgan fingerprint density at radius 1 is 1.40 bits per heavy atom. The summed E-state index contributed by atoms with van der Waals surface area (Å²) in [5.41, 5.74) is 3.64. The Bertz CT molecular complexity index is 649. The van der Waals surface area contributed by atoms with Crippen LogP contribution in [0.3, 0.4) is 0 Å². The van der Waals surface area contributed by atoms with Gasteiger partial charge >= 0.3 is 0 Å². The molecule has 0 saturated heterocycles. The van der Waals surface area contributed by atoms with Crippen LogP contribution in [0.15, 0.2) is 24.4 Å². The second-order valence-electron chi connectivity index (χ2n) is 6.70. The van der Waals surface area contributed by atoms with E-state index in [4.69, 9.17) is 11.6 Å². The van der Waals surface area contributed by atoms with Crippen molar-refractivity contribution in [1.82, 2.24) is 4.98 Å². The topological polar surface area (TPSA) is 24.9 Å². The predicted molar refractivity (Wildman–Crippen MR) is 86.5 cm³/mol. The molecule has 1 heterocycles. The van der Waals surface area contributed by atoms with Crippen LogP contribution in [-0.2, 0) is 0 Å². The summed E-state index contributed by atoms with van der Waals surface area (Å²) < 4.78 is 0. The smallest absolute Gasteiger partial charge is 0.0752 e. The summed E-state index contributed by atoms with van der Waals surface area (Å²) in [6, 6.07) is 6.60. The van der Waals surface area contributed by atoms with E-state index in [-0.39, 0.29) is 0 Å². The second kappa shape index (κ2) is 4.92. The summed E-state index contributed by atoms with van der Waals surface area (Å²) in [5.74, 6) is 0. The van der Waals surface area contributed by atoms with Gasteiger partial charge in [-0.2, -0.15) is 0 Å². The van der Waals surface area contributed by atoms with E-state index in [0.717, 1.165) is 27.2 Å². The van der Waals surface area contributed by atoms with E-state index < -0.39 is 0 Å². The highest BCUT2D eigenvalue weighted by Gasteiger charge is 2.31. The van der Waals surface area contributed by atoms with Gasteiger partial charge in [0.15, 0.2) is 0 Å². The molecule has 1 atom stereocenters. The van der Waals surface area contributed by atoms with E-state index in [9.17, 15) is 0 Å². The number of halogens is 1. The third kappa shape index (κ3) is 2.49. The fraction of sp³-hybridized carbons (Fsp3) is 0.471. The van der Waals surface area contributed by atoms with Crippen molar-refractivity contribution in [2.75, 3.05) is 5.32 Å². The summed E-state index contributed by atoms with van der Waals surface area (Å²) in [4.78, 5) is 4.49. The first-order valence-corrected chi connectivity index (χ1v) is 7.64. The van der Waals surface area contributed by atoms with Crippen LogP contribution in [0.2, 0.25) is 5.02 Å². The van der Waals surface area contributed by atoms with Crippen molar-refractivity contribution in [2.24, 2.45) is 5.41 Å². The molecule has 0 aliphatic heterocycles. The minimum Gasteiger partial charge on any atom is -0.381 e. The van der Waals surface area contributed by atoms with Crippen molar-refractivity contribution in [2.45, 2.75) is 46.1 Å². The van der Waals surface area contributed by atoms with E-state index in [1.807, 2.05) is 18.3 Å². The maximum absolute atomic E-state index is 6.47. The number of aryl methyl sites for hydroxylation is 1. The molecule has 2 aromatic rings. The van der Waals surface area contributed by atoms with Gasteiger partial charge in [0.05, 0.1) is 16.2 Å². The molecule has 106 valence electrons. The van der Waals surface area contributed by atoms with E-state index >= 15 is 0 Å². The number of nitrogens with zero attached hydrogens (tertiary/aromatic N) is 1. The Kier molecular flexibility index (Phi) is 3.37. The number of pyridine rings is 1. The van der Waals surface area contributed by atoms with Crippen LogP contribution in [0.25, 0.3) is 10.9 Å². The molecule has 1 saturated carbocycles. The van der Waals surface area contributed by atoms with E-state index in [0.29, 0.717) is 11.5 Å². The Morgan fingerprint density at radius 3 is 2.90 bits per heavy atom. The predicted octanol–water partition coefficient (Wildman–Crippen LogP) is 5.19. The zero-order chi connectivity index (χ0) is 14.3. The number of nitrogens with one attached hydrogen (secondary N) is 1. The van der Waals surface area contributed by atoms with Crippen molar-refractivity contribution in [3.8, 4) is 0 Å². The summed E-state index contributed by atoms with van der Waals surface area (Å²) in [6.07, 6.45) is 5.51. The number of hydrogen-bond acceptors (Lipinski definition) is 2. The van der Waals surface area contributed by atoms with Crippen LogP contribution in [0.4, 0.5) is 5.69 Å². The number of benzene rings is 1. The molecule has 1 aromatic heterocycles. The lowest BCUT2D eigenvalue weighted by molar-refractivity contribution is 0.378. The van der Waals surface area contributed by atoms with Crippen LogP contribution in [0.1, 0.15) is 38.7 Å². The van der Waals surface area contributed by atoms with Crippen LogP contribution in [0, 0.1) is 12.3 Å². The van der Waals surface area contributed by atoms with Crippen molar-refractivity contribution in [3.05, 3.63) is 35.0 Å². The van der Waals surface area contributed by atoms with Gasteiger partial charge in [-0.05, 0) is 55.4 Å². The second-order valence-corrected chi connectivity index (χ2v) is 7.11. The highest BCUT2D eigenvalue weighted by Crippen LogP contribution is 2.40. The average molecular weight is 289 g/mol. The molecule has 1 N–H and O–H groups in total. The molecule has 0 radical (unpaired) electrons. The summed E-state index contributed by atoms with van der Waals surface area (Å²) in [5, 5.41) is 5.59. The van der Waals surface area contributed by atoms with Gasteiger partial charge in [-0.25, -0.2) is 0 Å². The number of fused-ring (bicyclic) bond motifs is 1. The monoisotopic (exact) mass is 288 g/mol. The van der Waals surface area contributed by atoms with Crippen LogP contribution in [-0.4, -0.2) is 11.0 Å². The molecule has 3 heteroatoms. The van der Waals surface area contributed by atoms with Crippen molar-refractivity contribution in [1.29, 1.82) is 0 Å². The highest BCUT2D eigenvalue weighted by molar-refractivity contribution is 6.35. The lowest BCUT2D eigenvalue weighted by Crippen LogP contribution is -2.18. The number of aromatic nitrogens is 1. The molecular weight excluding hydrogens is 268 g/mol. The normalized spacial score (nSPS) is 21.3. The minimum absolute atomic E-state index is 0.433. The maximum atomic E-state index is 6.47. The third-order valence-corrected chi connectivity index (χ3v) is 4.65. The summed E-state index contributed by atoms with van der Waals surface area (Å²) in [6.45, 7) is 6.74. The van der Waals surface area contributed by atoms with Crippen LogP contribution in [0.5, 0.6) is 0 Å². The molecule has 20 heavy (non-hydrogen) atoms. The van der Waals surface area contributed by atoms with Gasteiger partial charge in [0.2, 0.25) is 0 Å². The van der Waals surface area contributed by atoms with Crippen molar-refractivity contribution >= 4 is 28.2 Å². The van der Waals surface area contributed by atoms with E-state index in [1.54, 1.807) is 0 Å². The first-order valence-electron chi connectivity index (χ1n) is 7.27. The Hall–Kier alpha value is -1.28. The number of hydrogen-bond donors (Lipinski definition) is 1. The van der Waals surface area contributed by atoms with Crippen molar-refractivity contribution in [3.63, 3.8) is 0 Å². The zero-order valence-corrected chi connectivity index (χ0v) is 13.1. The minimum atomic E-state index is 0.433. The summed E-state index contributed by atoms with van der Waals surface area (Å²) in [7, 11) is 0. The largest absolute Gasteiger partial charge is 0.381 e. The summed E-state index contributed by atoms with van der Waals surface area (Å²) >= 11 is 6.47. The standard InChI is InChI=1S/C17H21ClN2/c1-11-9-14(18)16(13-5-4-8-19-15(11)13)20-12-6-7-17(2,3)10-12/h4-5,8-9,12,20H,6-7,10H2,1-3H3. The van der Waals surface area contributed by atoms with E-state index in [2.05, 4.69) is 37.1 Å². The highest BCUT2D eigenvalue weighted by atomic mass is 35.5. The molecule has 2 nitrogen and oxygen atoms in total. The van der Waals surface area contributed by atoms with Gasteiger partial charge in [0, 0.05) is 17.6 Å². The number of anilines is 1. The molecular formula is C17H21ClN2. The quantitative estimate of drug-likeness (QED) is 0.823. The molecule has 0 spiro atoms. The van der Waals surface area contributed by atoms with Gasteiger partial charge in [-0.1, -0.05) is 25.4 Å². The molecule has 0 bridgehead atoms. The molecule has 3 rings (SSSR count). The first kappa shape index (κ1) is 13.7. The lowest BCUT2D eigenvalue weighted by atomic mass is 9.92. The fourth-order valence-electron chi connectivity index (χ4n) is 3.29. The Balaban J connectivity index is 1.99. The Labute approximate surface area is 125 Å². The van der Waals surface area contributed by atoms with Gasteiger partial charge < -0.3 is 5.32 Å². The molecule has 1 aliphatic carbocycles. The fourth-order valence-corrected chi connectivity index (χ4v) is 3.61. The Morgan fingerprint density at radius 2 is 2.20 bits per heavy atom. The average Bonchev–Trinajstić information content (AvgIpc) is 2.74. The van der Waals surface area contributed by atoms with Gasteiger partial charge in [0.25, 0.3) is 0 Å². The molecule has 1 aromatic carbocycles. The van der Waals surface area contributed by atoms with Gasteiger partial charge in [0.1, 0.15) is 0 Å². The third-order valence-electron chi connectivity index (χ3n) is 4.35. The first-order chi connectivity index (χ1) is 9.46. The number of rotatable bonds is 2. The molecule has 1 unspecified atom stereocenters. The van der Waals surface area contributed by atoms with Gasteiger partial charge in [-0.3, -0.25) is 4.98 Å². The zero-order valence-electron chi connectivity index (χ0n) is 12.3. The molecule has 1 fully saturated rings. The van der Waals surface area contributed by atoms with Crippen LogP contribution < -0.4 is 5.32 Å². The SMILES string of the molecule is Cc1cc(Cl)c(NC2CCC(C)(C)C2)c2cccnc12. The maximum Gasteiger partial charge on any atom is 0.0752 e. The molecule has 0 amide bonds. The van der Waals surface area contributed by atoms with Crippen molar-refractivity contribution < 1.29 is 0 Å². The lowest BCUT2D eigenvalue weighted by Gasteiger charge is -2.20. The van der Waals surface area contributed by atoms with Crippen LogP contribution >= 0.6 is 11.6 Å². The molecule has 1 aliphatic rings.